The third-order valence-electron chi connectivity index (χ3n) is 3.03. The van der Waals surface area contributed by atoms with E-state index >= 15 is 0 Å². The van der Waals surface area contributed by atoms with Gasteiger partial charge < -0.3 is 14.3 Å². The Morgan fingerprint density at radius 2 is 2.15 bits per heavy atom. The molecule has 5 heteroatoms. The Bertz CT molecular complexity index is 845. The first-order valence-electron chi connectivity index (χ1n) is 6.00. The van der Waals surface area contributed by atoms with Crippen LogP contribution in [0, 0.1) is 6.92 Å². The van der Waals surface area contributed by atoms with Gasteiger partial charge in [-0.25, -0.2) is 0 Å². The Kier molecular flexibility index (Phi) is 2.99. The molecule has 0 atom stereocenters. The maximum absolute atomic E-state index is 12.3. The van der Waals surface area contributed by atoms with E-state index in [1.807, 2.05) is 18.4 Å². The van der Waals surface area contributed by atoms with Gasteiger partial charge in [-0.2, -0.15) is 0 Å². The van der Waals surface area contributed by atoms with Crippen molar-refractivity contribution >= 4 is 22.3 Å². The third kappa shape index (κ3) is 1.87. The van der Waals surface area contributed by atoms with E-state index in [1.54, 1.807) is 18.2 Å². The third-order valence-corrected chi connectivity index (χ3v) is 4.08. The van der Waals surface area contributed by atoms with Crippen LogP contribution in [-0.4, -0.2) is 12.2 Å². The predicted octanol–water partition coefficient (Wildman–Crippen LogP) is 3.54. The molecule has 0 unspecified atom stereocenters. The van der Waals surface area contributed by atoms with Crippen molar-refractivity contribution in [3.05, 3.63) is 45.4 Å². The fourth-order valence-corrected chi connectivity index (χ4v) is 2.97. The number of fused-ring (bicyclic) bond motifs is 1. The van der Waals surface area contributed by atoms with Crippen LogP contribution in [0.15, 0.2) is 38.9 Å². The fourth-order valence-electron chi connectivity index (χ4n) is 2.09. The standard InChI is InChI=1S/C15H12O4S/c1-8-6-11(20-7-8)15-14(17)13(16)12-9(18-2)4-3-5-10(12)19-15/h3-7,17H,1-2H3. The number of thiophene rings is 1. The van der Waals surface area contributed by atoms with Crippen LogP contribution in [0.1, 0.15) is 5.56 Å². The second kappa shape index (κ2) is 4.68. The topological polar surface area (TPSA) is 59.7 Å². The van der Waals surface area contributed by atoms with Crippen LogP contribution >= 0.6 is 11.3 Å². The smallest absolute Gasteiger partial charge is 0.238 e. The molecule has 0 aliphatic heterocycles. The zero-order valence-corrected chi connectivity index (χ0v) is 11.8. The van der Waals surface area contributed by atoms with Crippen molar-refractivity contribution in [3.63, 3.8) is 0 Å². The Balaban J connectivity index is 2.37. The van der Waals surface area contributed by atoms with E-state index < -0.39 is 5.43 Å². The molecule has 2 aromatic heterocycles. The SMILES string of the molecule is COc1cccc2oc(-c3cc(C)cs3)c(O)c(=O)c12. The largest absolute Gasteiger partial charge is 0.501 e. The summed E-state index contributed by atoms with van der Waals surface area (Å²) in [5.41, 5.74) is 0.968. The van der Waals surface area contributed by atoms with E-state index in [4.69, 9.17) is 9.15 Å². The summed E-state index contributed by atoms with van der Waals surface area (Å²) in [6.07, 6.45) is 0. The molecule has 0 fully saturated rings. The Morgan fingerprint density at radius 3 is 2.80 bits per heavy atom. The van der Waals surface area contributed by atoms with Gasteiger partial charge in [-0.05, 0) is 36.1 Å². The van der Waals surface area contributed by atoms with Gasteiger partial charge in [-0.3, -0.25) is 4.79 Å². The van der Waals surface area contributed by atoms with Crippen LogP contribution in [0.4, 0.5) is 0 Å². The first kappa shape index (κ1) is 12.7. The summed E-state index contributed by atoms with van der Waals surface area (Å²) in [4.78, 5) is 13.0. The zero-order valence-electron chi connectivity index (χ0n) is 11.0. The van der Waals surface area contributed by atoms with Crippen molar-refractivity contribution in [2.45, 2.75) is 6.92 Å². The van der Waals surface area contributed by atoms with Gasteiger partial charge in [0.2, 0.25) is 11.2 Å². The van der Waals surface area contributed by atoms with Gasteiger partial charge in [0.1, 0.15) is 16.7 Å². The van der Waals surface area contributed by atoms with Gasteiger partial charge in [-0.15, -0.1) is 11.3 Å². The number of ether oxygens (including phenoxy) is 1. The molecule has 20 heavy (non-hydrogen) atoms. The van der Waals surface area contributed by atoms with Crippen molar-refractivity contribution < 1.29 is 14.3 Å². The van der Waals surface area contributed by atoms with E-state index in [2.05, 4.69) is 0 Å². The molecule has 0 saturated heterocycles. The molecule has 4 nitrogen and oxygen atoms in total. The van der Waals surface area contributed by atoms with Crippen LogP contribution in [0.2, 0.25) is 0 Å². The molecule has 0 spiro atoms. The van der Waals surface area contributed by atoms with E-state index in [0.717, 1.165) is 10.4 Å². The summed E-state index contributed by atoms with van der Waals surface area (Å²) < 4.78 is 10.8. The molecule has 0 saturated carbocycles. The summed E-state index contributed by atoms with van der Waals surface area (Å²) in [6, 6.07) is 6.95. The highest BCUT2D eigenvalue weighted by Gasteiger charge is 2.18. The number of hydrogen-bond acceptors (Lipinski definition) is 5. The van der Waals surface area contributed by atoms with Gasteiger partial charge in [0.15, 0.2) is 5.76 Å². The van der Waals surface area contributed by atoms with Gasteiger partial charge in [0, 0.05) is 0 Å². The number of hydrogen-bond donors (Lipinski definition) is 1. The first-order valence-corrected chi connectivity index (χ1v) is 6.88. The molecular formula is C15H12O4S. The zero-order chi connectivity index (χ0) is 14.3. The predicted molar refractivity (Wildman–Crippen MR) is 78.8 cm³/mol. The normalized spacial score (nSPS) is 10.9. The summed E-state index contributed by atoms with van der Waals surface area (Å²) >= 11 is 1.42. The Hall–Kier alpha value is -2.27. The van der Waals surface area contributed by atoms with Crippen molar-refractivity contribution in [1.29, 1.82) is 0 Å². The quantitative estimate of drug-likeness (QED) is 0.783. The minimum atomic E-state index is -0.482. The lowest BCUT2D eigenvalue weighted by Gasteiger charge is -2.07. The monoisotopic (exact) mass is 288 g/mol. The fraction of sp³-hybridized carbons (Fsp3) is 0.133. The minimum absolute atomic E-state index is 0.203. The highest BCUT2D eigenvalue weighted by Crippen LogP contribution is 2.35. The molecule has 0 aliphatic carbocycles. The lowest BCUT2D eigenvalue weighted by molar-refractivity contribution is 0.416. The molecule has 0 aliphatic rings. The van der Waals surface area contributed by atoms with Crippen LogP contribution in [0.25, 0.3) is 21.6 Å². The molecule has 2 heterocycles. The van der Waals surface area contributed by atoms with E-state index in [9.17, 15) is 9.90 Å². The lowest BCUT2D eigenvalue weighted by Crippen LogP contribution is -2.04. The lowest BCUT2D eigenvalue weighted by atomic mass is 10.1. The highest BCUT2D eigenvalue weighted by atomic mass is 32.1. The number of aromatic hydroxyl groups is 1. The van der Waals surface area contributed by atoms with E-state index in [0.29, 0.717) is 11.3 Å². The maximum atomic E-state index is 12.3. The van der Waals surface area contributed by atoms with Crippen molar-refractivity contribution in [1.82, 2.24) is 0 Å². The number of methoxy groups -OCH3 is 1. The van der Waals surface area contributed by atoms with Crippen LogP contribution in [-0.2, 0) is 0 Å². The molecule has 3 rings (SSSR count). The molecule has 0 bridgehead atoms. The van der Waals surface area contributed by atoms with Gasteiger partial charge in [-0.1, -0.05) is 6.07 Å². The van der Waals surface area contributed by atoms with Gasteiger partial charge >= 0.3 is 0 Å². The summed E-state index contributed by atoms with van der Waals surface area (Å²) in [5, 5.41) is 12.3. The molecule has 102 valence electrons. The number of benzene rings is 1. The second-order valence-electron chi connectivity index (χ2n) is 4.43. The average Bonchev–Trinajstić information content (AvgIpc) is 2.88. The molecule has 0 amide bonds. The van der Waals surface area contributed by atoms with Crippen LogP contribution in [0.3, 0.4) is 0 Å². The first-order chi connectivity index (χ1) is 9.61. The van der Waals surface area contributed by atoms with Gasteiger partial charge in [0.25, 0.3) is 0 Å². The second-order valence-corrected chi connectivity index (χ2v) is 5.34. The molecule has 1 N–H and O–H groups in total. The van der Waals surface area contributed by atoms with Crippen molar-refractivity contribution in [2.75, 3.05) is 7.11 Å². The highest BCUT2D eigenvalue weighted by molar-refractivity contribution is 7.13. The maximum Gasteiger partial charge on any atom is 0.238 e. The van der Waals surface area contributed by atoms with E-state index in [1.165, 1.54) is 18.4 Å². The molecule has 0 radical (unpaired) electrons. The van der Waals surface area contributed by atoms with Gasteiger partial charge in [0.05, 0.1) is 12.0 Å². The Morgan fingerprint density at radius 1 is 1.35 bits per heavy atom. The van der Waals surface area contributed by atoms with Crippen LogP contribution in [0.5, 0.6) is 11.5 Å². The van der Waals surface area contributed by atoms with Crippen molar-refractivity contribution in [2.24, 2.45) is 0 Å². The van der Waals surface area contributed by atoms with Crippen molar-refractivity contribution in [3.8, 4) is 22.1 Å². The summed E-state index contributed by atoms with van der Waals surface area (Å²) in [5.74, 6) is 0.207. The average molecular weight is 288 g/mol. The number of rotatable bonds is 2. The Labute approximate surface area is 118 Å². The molecule has 3 aromatic rings. The molecular weight excluding hydrogens is 276 g/mol. The summed E-state index contributed by atoms with van der Waals surface area (Å²) in [6.45, 7) is 1.94. The van der Waals surface area contributed by atoms with E-state index in [-0.39, 0.29) is 16.9 Å². The number of aryl methyl sites for hydroxylation is 1. The summed E-state index contributed by atoms with van der Waals surface area (Å²) in [7, 11) is 1.47. The minimum Gasteiger partial charge on any atom is -0.501 e. The van der Waals surface area contributed by atoms with Crippen LogP contribution < -0.4 is 10.2 Å². The molecule has 1 aromatic carbocycles.